The van der Waals surface area contributed by atoms with Crippen LogP contribution in [-0.4, -0.2) is 29.3 Å². The molecule has 0 aliphatic rings. The number of halogens is 1. The second kappa shape index (κ2) is 6.78. The van der Waals surface area contributed by atoms with Crippen molar-refractivity contribution in [2.45, 2.75) is 19.9 Å². The van der Waals surface area contributed by atoms with Crippen LogP contribution in [0.2, 0.25) is 0 Å². The first-order chi connectivity index (χ1) is 5.61. The van der Waals surface area contributed by atoms with E-state index in [9.17, 15) is 4.79 Å². The molecule has 0 heterocycles. The molecule has 2 nitrogen and oxygen atoms in total. The monoisotopic (exact) mass is 253 g/mol. The quantitative estimate of drug-likeness (QED) is 0.759. The van der Waals surface area contributed by atoms with Crippen molar-refractivity contribution in [1.82, 2.24) is 5.32 Å². The van der Waals surface area contributed by atoms with E-state index in [2.05, 4.69) is 28.2 Å². The highest BCUT2D eigenvalue weighted by atomic mass is 79.9. The molecule has 1 N–H and O–H groups in total. The summed E-state index contributed by atoms with van der Waals surface area (Å²) in [5.74, 6) is 1.16. The lowest BCUT2D eigenvalue weighted by molar-refractivity contribution is -0.119. The summed E-state index contributed by atoms with van der Waals surface area (Å²) in [6.45, 7) is 4.14. The maximum absolute atomic E-state index is 11.1. The Morgan fingerprint density at radius 2 is 2.17 bits per heavy atom. The molecule has 2 unspecified atom stereocenters. The Hall–Kier alpha value is 0.300. The highest BCUT2D eigenvalue weighted by molar-refractivity contribution is 9.09. The van der Waals surface area contributed by atoms with Gasteiger partial charge in [0.25, 0.3) is 0 Å². The summed E-state index contributed by atoms with van der Waals surface area (Å²) in [5.41, 5.74) is 0. The highest BCUT2D eigenvalue weighted by Gasteiger charge is 2.12. The van der Waals surface area contributed by atoms with Crippen LogP contribution in [-0.2, 0) is 4.79 Å². The molecule has 0 bridgehead atoms. The number of rotatable bonds is 5. The second-order valence-electron chi connectivity index (χ2n) is 2.92. The van der Waals surface area contributed by atoms with Crippen LogP contribution < -0.4 is 5.32 Å². The maximum atomic E-state index is 11.1. The van der Waals surface area contributed by atoms with Gasteiger partial charge in [0.05, 0.1) is 5.75 Å². The summed E-state index contributed by atoms with van der Waals surface area (Å²) in [5, 5.41) is 3.87. The van der Waals surface area contributed by atoms with Gasteiger partial charge in [-0.05, 0) is 19.1 Å². The van der Waals surface area contributed by atoms with E-state index in [1.165, 1.54) is 0 Å². The fourth-order valence-electron chi connectivity index (χ4n) is 0.703. The van der Waals surface area contributed by atoms with Crippen molar-refractivity contribution in [1.29, 1.82) is 0 Å². The molecule has 0 fully saturated rings. The SMILES string of the molecule is CSCC(=O)NC(C)C(C)CBr. The van der Waals surface area contributed by atoms with Gasteiger partial charge in [0.2, 0.25) is 5.91 Å². The zero-order valence-corrected chi connectivity index (χ0v) is 10.2. The molecule has 0 aliphatic heterocycles. The Morgan fingerprint density at radius 3 is 2.58 bits per heavy atom. The van der Waals surface area contributed by atoms with E-state index < -0.39 is 0 Å². The van der Waals surface area contributed by atoms with Gasteiger partial charge in [-0.25, -0.2) is 0 Å². The van der Waals surface area contributed by atoms with Crippen molar-refractivity contribution in [3.63, 3.8) is 0 Å². The first-order valence-corrected chi connectivity index (χ1v) is 6.47. The highest BCUT2D eigenvalue weighted by Crippen LogP contribution is 2.05. The van der Waals surface area contributed by atoms with E-state index in [1.54, 1.807) is 11.8 Å². The van der Waals surface area contributed by atoms with Gasteiger partial charge in [0, 0.05) is 11.4 Å². The van der Waals surface area contributed by atoms with Crippen molar-refractivity contribution in [2.24, 2.45) is 5.92 Å². The van der Waals surface area contributed by atoms with Crippen molar-refractivity contribution < 1.29 is 4.79 Å². The summed E-state index contributed by atoms with van der Waals surface area (Å²) in [6, 6.07) is 0.254. The van der Waals surface area contributed by atoms with Gasteiger partial charge in [-0.3, -0.25) is 4.79 Å². The third-order valence-corrected chi connectivity index (χ3v) is 3.33. The van der Waals surface area contributed by atoms with Crippen LogP contribution in [0, 0.1) is 5.92 Å². The number of carbonyl (C=O) groups is 1. The van der Waals surface area contributed by atoms with Crippen LogP contribution >= 0.6 is 27.7 Å². The summed E-state index contributed by atoms with van der Waals surface area (Å²) in [6.07, 6.45) is 1.93. The molecular weight excluding hydrogens is 238 g/mol. The average molecular weight is 254 g/mol. The number of amides is 1. The third kappa shape index (κ3) is 5.04. The molecule has 0 saturated heterocycles. The lowest BCUT2D eigenvalue weighted by Crippen LogP contribution is -2.38. The standard InChI is InChI=1S/C8H16BrNOS/c1-6(4-9)7(2)10-8(11)5-12-3/h6-7H,4-5H2,1-3H3,(H,10,11). The maximum Gasteiger partial charge on any atom is 0.230 e. The van der Waals surface area contributed by atoms with E-state index in [0.717, 1.165) is 5.33 Å². The van der Waals surface area contributed by atoms with Crippen LogP contribution in [0.15, 0.2) is 0 Å². The minimum absolute atomic E-state index is 0.128. The van der Waals surface area contributed by atoms with Crippen molar-refractivity contribution >= 4 is 33.6 Å². The molecular formula is C8H16BrNOS. The Labute approximate surface area is 87.0 Å². The number of nitrogens with one attached hydrogen (secondary N) is 1. The number of thioether (sulfide) groups is 1. The first-order valence-electron chi connectivity index (χ1n) is 3.96. The van der Waals surface area contributed by atoms with Gasteiger partial charge < -0.3 is 5.32 Å². The second-order valence-corrected chi connectivity index (χ2v) is 4.43. The van der Waals surface area contributed by atoms with Gasteiger partial charge in [0.15, 0.2) is 0 Å². The van der Waals surface area contributed by atoms with E-state index in [0.29, 0.717) is 11.7 Å². The minimum Gasteiger partial charge on any atom is -0.353 e. The number of alkyl halides is 1. The molecule has 0 spiro atoms. The fraction of sp³-hybridized carbons (Fsp3) is 0.875. The minimum atomic E-state index is 0.128. The fourth-order valence-corrected chi connectivity index (χ4v) is 1.61. The molecule has 0 aromatic carbocycles. The zero-order chi connectivity index (χ0) is 9.56. The lowest BCUT2D eigenvalue weighted by Gasteiger charge is -2.18. The van der Waals surface area contributed by atoms with Crippen LogP contribution in [0.1, 0.15) is 13.8 Å². The first kappa shape index (κ1) is 12.3. The largest absolute Gasteiger partial charge is 0.353 e. The van der Waals surface area contributed by atoms with Crippen molar-refractivity contribution in [3.8, 4) is 0 Å². The molecule has 1 amide bonds. The lowest BCUT2D eigenvalue weighted by atomic mass is 10.1. The molecule has 0 aromatic heterocycles. The Balaban J connectivity index is 3.67. The van der Waals surface area contributed by atoms with Crippen molar-refractivity contribution in [2.75, 3.05) is 17.3 Å². The molecule has 72 valence electrons. The topological polar surface area (TPSA) is 29.1 Å². The summed E-state index contributed by atoms with van der Waals surface area (Å²) in [4.78, 5) is 11.1. The predicted molar refractivity (Wildman–Crippen MR) is 58.9 cm³/mol. The van der Waals surface area contributed by atoms with Crippen LogP contribution in [0.5, 0.6) is 0 Å². The van der Waals surface area contributed by atoms with Crippen LogP contribution in [0.3, 0.4) is 0 Å². The van der Waals surface area contributed by atoms with Gasteiger partial charge >= 0.3 is 0 Å². The van der Waals surface area contributed by atoms with Gasteiger partial charge in [-0.2, -0.15) is 11.8 Å². The van der Waals surface area contributed by atoms with Crippen LogP contribution in [0.25, 0.3) is 0 Å². The molecule has 4 heteroatoms. The van der Waals surface area contributed by atoms with Crippen LogP contribution in [0.4, 0.5) is 0 Å². The van der Waals surface area contributed by atoms with E-state index in [4.69, 9.17) is 0 Å². The molecule has 0 saturated carbocycles. The van der Waals surface area contributed by atoms with E-state index in [1.807, 2.05) is 13.2 Å². The molecule has 0 aromatic rings. The average Bonchev–Trinajstić information content (AvgIpc) is 2.03. The third-order valence-electron chi connectivity index (χ3n) is 1.76. The number of hydrogen-bond donors (Lipinski definition) is 1. The van der Waals surface area contributed by atoms with Crippen molar-refractivity contribution in [3.05, 3.63) is 0 Å². The Bertz CT molecular complexity index is 143. The molecule has 0 radical (unpaired) electrons. The van der Waals surface area contributed by atoms with Gasteiger partial charge in [0.1, 0.15) is 0 Å². The van der Waals surface area contributed by atoms with Gasteiger partial charge in [-0.1, -0.05) is 22.9 Å². The summed E-state index contributed by atoms with van der Waals surface area (Å²) < 4.78 is 0. The van der Waals surface area contributed by atoms with E-state index >= 15 is 0 Å². The molecule has 12 heavy (non-hydrogen) atoms. The Morgan fingerprint density at radius 1 is 1.58 bits per heavy atom. The van der Waals surface area contributed by atoms with E-state index in [-0.39, 0.29) is 11.9 Å². The van der Waals surface area contributed by atoms with Gasteiger partial charge in [-0.15, -0.1) is 0 Å². The predicted octanol–water partition coefficient (Wildman–Crippen LogP) is 1.89. The Kier molecular flexibility index (Phi) is 6.95. The molecule has 0 aliphatic carbocycles. The molecule has 0 rings (SSSR count). The smallest absolute Gasteiger partial charge is 0.230 e. The summed E-state index contributed by atoms with van der Waals surface area (Å²) in [7, 11) is 0. The number of carbonyl (C=O) groups excluding carboxylic acids is 1. The number of hydrogen-bond acceptors (Lipinski definition) is 2. The summed E-state index contributed by atoms with van der Waals surface area (Å²) >= 11 is 4.94. The normalized spacial score (nSPS) is 15.3. The molecule has 2 atom stereocenters. The zero-order valence-electron chi connectivity index (χ0n) is 7.76.